The summed E-state index contributed by atoms with van der Waals surface area (Å²) in [6.07, 6.45) is 2.02. The zero-order valence-electron chi connectivity index (χ0n) is 13.6. The van der Waals surface area contributed by atoms with Crippen molar-refractivity contribution in [3.63, 3.8) is 0 Å². The van der Waals surface area contributed by atoms with E-state index in [4.69, 9.17) is 10.2 Å². The minimum atomic E-state index is -0.299. The van der Waals surface area contributed by atoms with Crippen LogP contribution in [0.5, 0.6) is 0 Å². The molecule has 4 nitrogen and oxygen atoms in total. The van der Waals surface area contributed by atoms with Crippen molar-refractivity contribution in [3.05, 3.63) is 48.0 Å². The van der Waals surface area contributed by atoms with Gasteiger partial charge in [0.15, 0.2) is 5.76 Å². The average Bonchev–Trinajstić information content (AvgIpc) is 3.05. The van der Waals surface area contributed by atoms with Gasteiger partial charge in [0.1, 0.15) is 11.6 Å². The molecule has 130 valence electrons. The summed E-state index contributed by atoms with van der Waals surface area (Å²) < 4.78 is 18.7. The number of nitrogens with two attached hydrogens (primary N) is 1. The van der Waals surface area contributed by atoms with Crippen LogP contribution < -0.4 is 5.73 Å². The molecule has 3 rings (SSSR count). The van der Waals surface area contributed by atoms with Crippen molar-refractivity contribution in [1.82, 2.24) is 4.90 Å². The molecule has 1 amide bonds. The number of nitrogens with zero attached hydrogens (tertiary/aromatic N) is 1. The van der Waals surface area contributed by atoms with Gasteiger partial charge in [-0.1, -0.05) is 0 Å². The molecule has 0 aliphatic carbocycles. The lowest BCUT2D eigenvalue weighted by atomic mass is 9.92. The molecule has 24 heavy (non-hydrogen) atoms. The quantitative estimate of drug-likeness (QED) is 0.916. The molecule has 0 saturated carbocycles. The molecular weight excluding hydrogens is 331 g/mol. The summed E-state index contributed by atoms with van der Waals surface area (Å²) in [4.78, 5) is 14.4. The fraction of sp³-hybridized carbons (Fsp3) is 0.389. The summed E-state index contributed by atoms with van der Waals surface area (Å²) in [7, 11) is 0. The van der Waals surface area contributed by atoms with Crippen LogP contribution in [0.3, 0.4) is 0 Å². The third kappa shape index (κ3) is 3.97. The SMILES string of the molecule is CC(N)C1CCCN(C(=O)c2ccc(-c3ccc(F)cc3)o2)C1.Cl. The molecule has 2 N–H and O–H groups in total. The molecule has 1 aromatic carbocycles. The minimum Gasteiger partial charge on any atom is -0.451 e. The maximum Gasteiger partial charge on any atom is 0.289 e. The Kier molecular flexibility index (Phi) is 6.02. The highest BCUT2D eigenvalue weighted by Gasteiger charge is 2.28. The largest absolute Gasteiger partial charge is 0.451 e. The lowest BCUT2D eigenvalue weighted by Gasteiger charge is -2.34. The molecular formula is C18H22ClFN2O2. The number of carbonyl (C=O) groups excluding carboxylic acids is 1. The van der Waals surface area contributed by atoms with E-state index in [1.165, 1.54) is 12.1 Å². The molecule has 1 saturated heterocycles. The number of piperidine rings is 1. The predicted octanol–water partition coefficient (Wildman–Crippen LogP) is 3.71. The standard InChI is InChI=1S/C18H21FN2O2.ClH/c1-12(20)14-3-2-10-21(11-14)18(22)17-9-8-16(23-17)13-4-6-15(19)7-5-13;/h4-9,12,14H,2-3,10-11,20H2,1H3;1H. The van der Waals surface area contributed by atoms with Crippen LogP contribution >= 0.6 is 12.4 Å². The van der Waals surface area contributed by atoms with Crippen molar-refractivity contribution >= 4 is 18.3 Å². The molecule has 6 heteroatoms. The Morgan fingerprint density at radius 2 is 2.00 bits per heavy atom. The number of halogens is 2. The van der Waals surface area contributed by atoms with Gasteiger partial charge in [-0.2, -0.15) is 0 Å². The van der Waals surface area contributed by atoms with E-state index < -0.39 is 0 Å². The van der Waals surface area contributed by atoms with Gasteiger partial charge in [-0.05, 0) is 62.1 Å². The first-order chi connectivity index (χ1) is 11.0. The van der Waals surface area contributed by atoms with Gasteiger partial charge < -0.3 is 15.1 Å². The van der Waals surface area contributed by atoms with Gasteiger partial charge in [0.05, 0.1) is 0 Å². The molecule has 1 aliphatic heterocycles. The number of benzene rings is 1. The van der Waals surface area contributed by atoms with Crippen LogP contribution in [0.4, 0.5) is 4.39 Å². The van der Waals surface area contributed by atoms with Gasteiger partial charge in [-0.25, -0.2) is 4.39 Å². The van der Waals surface area contributed by atoms with Crippen molar-refractivity contribution in [1.29, 1.82) is 0 Å². The third-order valence-electron chi connectivity index (χ3n) is 4.43. The Morgan fingerprint density at radius 1 is 1.29 bits per heavy atom. The molecule has 0 radical (unpaired) electrons. The van der Waals surface area contributed by atoms with Gasteiger partial charge in [0.25, 0.3) is 5.91 Å². The lowest BCUT2D eigenvalue weighted by molar-refractivity contribution is 0.0630. The van der Waals surface area contributed by atoms with Crippen LogP contribution in [0, 0.1) is 11.7 Å². The zero-order chi connectivity index (χ0) is 16.4. The number of amides is 1. The molecule has 0 spiro atoms. The van der Waals surface area contributed by atoms with Gasteiger partial charge >= 0.3 is 0 Å². The number of carbonyl (C=O) groups is 1. The molecule has 2 heterocycles. The van der Waals surface area contributed by atoms with Crippen molar-refractivity contribution in [2.24, 2.45) is 11.7 Å². The summed E-state index contributed by atoms with van der Waals surface area (Å²) in [5.74, 6) is 0.804. The van der Waals surface area contributed by atoms with E-state index in [-0.39, 0.29) is 30.2 Å². The van der Waals surface area contributed by atoms with Gasteiger partial charge in [-0.3, -0.25) is 4.79 Å². The maximum absolute atomic E-state index is 13.0. The van der Waals surface area contributed by atoms with Gasteiger partial charge in [0.2, 0.25) is 0 Å². The van der Waals surface area contributed by atoms with Crippen molar-refractivity contribution in [2.75, 3.05) is 13.1 Å². The first kappa shape index (κ1) is 18.5. The van der Waals surface area contributed by atoms with Crippen LogP contribution in [-0.2, 0) is 0 Å². The topological polar surface area (TPSA) is 59.5 Å². The van der Waals surface area contributed by atoms with E-state index in [1.54, 1.807) is 24.3 Å². The van der Waals surface area contributed by atoms with Crippen molar-refractivity contribution in [3.8, 4) is 11.3 Å². The summed E-state index contributed by atoms with van der Waals surface area (Å²) in [6.45, 7) is 3.38. The van der Waals surface area contributed by atoms with E-state index >= 15 is 0 Å². The second-order valence-corrected chi connectivity index (χ2v) is 6.18. The summed E-state index contributed by atoms with van der Waals surface area (Å²) in [5.41, 5.74) is 6.72. The van der Waals surface area contributed by atoms with Crippen LogP contribution in [0.1, 0.15) is 30.3 Å². The monoisotopic (exact) mass is 352 g/mol. The van der Waals surface area contributed by atoms with E-state index in [0.29, 0.717) is 24.0 Å². The second kappa shape index (κ2) is 7.81. The highest BCUT2D eigenvalue weighted by atomic mass is 35.5. The molecule has 0 bridgehead atoms. The number of likely N-dealkylation sites (tertiary alicyclic amines) is 1. The number of furan rings is 1. The summed E-state index contributed by atoms with van der Waals surface area (Å²) in [6, 6.07) is 9.51. The molecule has 2 atom stereocenters. The molecule has 2 aromatic rings. The molecule has 1 aromatic heterocycles. The predicted molar refractivity (Wildman–Crippen MR) is 93.6 cm³/mol. The lowest BCUT2D eigenvalue weighted by Crippen LogP contribution is -2.44. The third-order valence-corrected chi connectivity index (χ3v) is 4.43. The molecule has 1 aliphatic rings. The zero-order valence-corrected chi connectivity index (χ0v) is 14.4. The van der Waals surface area contributed by atoms with E-state index in [1.807, 2.05) is 11.8 Å². The van der Waals surface area contributed by atoms with Crippen LogP contribution in [0.2, 0.25) is 0 Å². The number of rotatable bonds is 3. The smallest absolute Gasteiger partial charge is 0.289 e. The van der Waals surface area contributed by atoms with Crippen molar-refractivity contribution < 1.29 is 13.6 Å². The second-order valence-electron chi connectivity index (χ2n) is 6.18. The van der Waals surface area contributed by atoms with Crippen molar-refractivity contribution in [2.45, 2.75) is 25.8 Å². The van der Waals surface area contributed by atoms with Crippen LogP contribution in [0.25, 0.3) is 11.3 Å². The Labute approximate surface area is 147 Å². The first-order valence-electron chi connectivity index (χ1n) is 7.95. The Balaban J connectivity index is 0.00000208. The Hall–Kier alpha value is -1.85. The number of hydrogen-bond acceptors (Lipinski definition) is 3. The van der Waals surface area contributed by atoms with Crippen LogP contribution in [0.15, 0.2) is 40.8 Å². The highest BCUT2D eigenvalue weighted by Crippen LogP contribution is 2.25. The van der Waals surface area contributed by atoms with E-state index in [0.717, 1.165) is 24.9 Å². The Morgan fingerprint density at radius 3 is 2.67 bits per heavy atom. The van der Waals surface area contributed by atoms with E-state index in [9.17, 15) is 9.18 Å². The summed E-state index contributed by atoms with van der Waals surface area (Å²) in [5, 5.41) is 0. The summed E-state index contributed by atoms with van der Waals surface area (Å²) >= 11 is 0. The fourth-order valence-corrected chi connectivity index (χ4v) is 3.00. The molecule has 1 fully saturated rings. The first-order valence-corrected chi connectivity index (χ1v) is 7.95. The highest BCUT2D eigenvalue weighted by molar-refractivity contribution is 5.92. The van der Waals surface area contributed by atoms with E-state index in [2.05, 4.69) is 0 Å². The maximum atomic E-state index is 13.0. The number of hydrogen-bond donors (Lipinski definition) is 1. The van der Waals surface area contributed by atoms with Crippen LogP contribution in [-0.4, -0.2) is 29.9 Å². The minimum absolute atomic E-state index is 0. The fourth-order valence-electron chi connectivity index (χ4n) is 3.00. The van der Waals surface area contributed by atoms with Gasteiger partial charge in [0, 0.05) is 24.7 Å². The average molecular weight is 353 g/mol. The van der Waals surface area contributed by atoms with Gasteiger partial charge in [-0.15, -0.1) is 12.4 Å². The molecule has 2 unspecified atom stereocenters. The normalized spacial score (nSPS) is 18.8. The Bertz CT molecular complexity index is 685.